The summed E-state index contributed by atoms with van der Waals surface area (Å²) in [4.78, 5) is 27.9. The molecule has 0 aliphatic carbocycles. The number of carbonyl (C=O) groups excluding carboxylic acids is 2. The quantitative estimate of drug-likeness (QED) is 0.101. The molecule has 47 heavy (non-hydrogen) atoms. The fourth-order valence-electron chi connectivity index (χ4n) is 6.13. The summed E-state index contributed by atoms with van der Waals surface area (Å²) in [5.74, 6) is -1.41. The first-order valence-electron chi connectivity index (χ1n) is 15.1. The Hall–Kier alpha value is -4.67. The molecule has 0 unspecified atom stereocenters. The average molecular weight is 671 g/mol. The molecule has 1 aromatic heterocycles. The van der Waals surface area contributed by atoms with Crippen LogP contribution in [0, 0.1) is 0 Å². The summed E-state index contributed by atoms with van der Waals surface area (Å²) in [6.07, 6.45) is 3.14. The molecule has 4 aromatic rings. The molecule has 0 atom stereocenters. The number of nitrogens with zero attached hydrogens (tertiary/aromatic N) is 2. The van der Waals surface area contributed by atoms with Gasteiger partial charge in [-0.2, -0.15) is 0 Å². The molecule has 238 valence electrons. The van der Waals surface area contributed by atoms with Gasteiger partial charge in [0.2, 0.25) is 0 Å². The summed E-state index contributed by atoms with van der Waals surface area (Å²) < 4.78 is 47.5. The van der Waals surface area contributed by atoms with Crippen molar-refractivity contribution < 1.29 is 32.2 Å². The maximum atomic E-state index is 17.4. The van der Waals surface area contributed by atoms with Gasteiger partial charge in [0, 0.05) is 39.9 Å². The van der Waals surface area contributed by atoms with Gasteiger partial charge in [0.15, 0.2) is 5.70 Å². The van der Waals surface area contributed by atoms with Gasteiger partial charge in [0.1, 0.15) is 11.3 Å². The molecule has 0 N–H and O–H groups in total. The Morgan fingerprint density at radius 1 is 0.894 bits per heavy atom. The number of carbonyl (C=O) groups is 2. The van der Waals surface area contributed by atoms with Crippen LogP contribution in [0.3, 0.4) is 0 Å². The lowest BCUT2D eigenvalue weighted by Crippen LogP contribution is -2.50. The number of aromatic nitrogens is 1. The fraction of sp³-hybridized carbons (Fsp3) is 0.139. The summed E-state index contributed by atoms with van der Waals surface area (Å²) >= 11 is 7.34. The van der Waals surface area contributed by atoms with Gasteiger partial charge in [-0.05, 0) is 60.7 Å². The lowest BCUT2D eigenvalue weighted by Gasteiger charge is -2.31. The van der Waals surface area contributed by atoms with E-state index in [-0.39, 0.29) is 47.1 Å². The average Bonchev–Trinajstić information content (AvgIpc) is 3.56. The molecule has 0 amide bonds. The molecule has 3 heterocycles. The maximum Gasteiger partial charge on any atom is 0.737 e. The second-order valence-electron chi connectivity index (χ2n) is 10.8. The Balaban J connectivity index is 1.67. The van der Waals surface area contributed by atoms with Crippen LogP contribution in [0.15, 0.2) is 107 Å². The van der Waals surface area contributed by atoms with Crippen molar-refractivity contribution in [2.45, 2.75) is 25.7 Å². The van der Waals surface area contributed by atoms with Gasteiger partial charge >= 0.3 is 18.9 Å². The van der Waals surface area contributed by atoms with Gasteiger partial charge in [-0.1, -0.05) is 84.0 Å². The Morgan fingerprint density at radius 2 is 1.49 bits per heavy atom. The number of hydrogen-bond acceptors (Lipinski definition) is 5. The smallest absolute Gasteiger partial charge is 0.462 e. The Bertz CT molecular complexity index is 2000. The highest BCUT2D eigenvalue weighted by Gasteiger charge is 2.57. The molecule has 11 heteroatoms. The van der Waals surface area contributed by atoms with Crippen molar-refractivity contribution in [3.63, 3.8) is 0 Å². The van der Waals surface area contributed by atoms with E-state index in [1.165, 1.54) is 24.8 Å². The van der Waals surface area contributed by atoms with Gasteiger partial charge in [-0.25, -0.2) is 9.59 Å². The zero-order chi connectivity index (χ0) is 33.3. The first-order valence-corrected chi connectivity index (χ1v) is 16.4. The number of halogens is 3. The second kappa shape index (κ2) is 13.2. The van der Waals surface area contributed by atoms with E-state index in [4.69, 9.17) is 21.1 Å². The van der Waals surface area contributed by atoms with E-state index in [0.29, 0.717) is 27.3 Å². The third-order valence-corrected chi connectivity index (χ3v) is 9.06. The highest BCUT2D eigenvalue weighted by Crippen LogP contribution is 2.47. The van der Waals surface area contributed by atoms with Gasteiger partial charge in [-0.3, -0.25) is 0 Å². The molecule has 0 bridgehead atoms. The van der Waals surface area contributed by atoms with Crippen LogP contribution in [0.4, 0.5) is 8.63 Å². The molecule has 6 rings (SSSR count). The van der Waals surface area contributed by atoms with E-state index in [0.717, 1.165) is 13.9 Å². The molecule has 0 spiro atoms. The number of rotatable bonds is 9. The van der Waals surface area contributed by atoms with E-state index >= 15 is 8.63 Å². The molecule has 0 saturated carbocycles. The molecule has 0 radical (unpaired) electrons. The zero-order valence-electron chi connectivity index (χ0n) is 25.9. The maximum absolute atomic E-state index is 17.4. The summed E-state index contributed by atoms with van der Waals surface area (Å²) in [5, 5.41) is 2.23. The molecular weight excluding hydrogens is 641 g/mol. The predicted molar refractivity (Wildman–Crippen MR) is 184 cm³/mol. The summed E-state index contributed by atoms with van der Waals surface area (Å²) in [6.45, 7) is 0.310. The van der Waals surface area contributed by atoms with Crippen LogP contribution in [0.1, 0.15) is 48.1 Å². The van der Waals surface area contributed by atoms with Gasteiger partial charge in [0.05, 0.1) is 24.4 Å². The molecular formula is C36H30BClF2N2O4S. The number of allylic oxidation sites excluding steroid dienone is 1. The van der Waals surface area contributed by atoms with Crippen LogP contribution in [-0.2, 0) is 14.3 Å². The van der Waals surface area contributed by atoms with E-state index in [1.807, 2.05) is 24.3 Å². The lowest BCUT2D eigenvalue weighted by molar-refractivity contribution is -0.359. The fourth-order valence-corrected chi connectivity index (χ4v) is 6.90. The normalized spacial score (nSPS) is 15.1. The van der Waals surface area contributed by atoms with Crippen molar-refractivity contribution >= 4 is 65.7 Å². The number of hydrogen-bond donors (Lipinski definition) is 0. The Kier molecular flexibility index (Phi) is 9.08. The van der Waals surface area contributed by atoms with Crippen LogP contribution >= 0.6 is 23.4 Å². The molecule has 2 aliphatic rings. The van der Waals surface area contributed by atoms with Gasteiger partial charge in [0.25, 0.3) is 0 Å². The third kappa shape index (κ3) is 5.76. The predicted octanol–water partition coefficient (Wildman–Crippen LogP) is 8.83. The topological polar surface area (TPSA) is 60.5 Å². The molecule has 0 saturated heterocycles. The van der Waals surface area contributed by atoms with Gasteiger partial charge < -0.3 is 27.1 Å². The van der Waals surface area contributed by atoms with Crippen molar-refractivity contribution in [1.29, 1.82) is 0 Å². The zero-order valence-corrected chi connectivity index (χ0v) is 27.4. The number of esters is 2. The first-order chi connectivity index (χ1) is 22.7. The lowest BCUT2D eigenvalue weighted by atomic mass is 9.87. The van der Waals surface area contributed by atoms with Crippen LogP contribution in [0.25, 0.3) is 28.9 Å². The number of fused-ring (bicyclic) bond motifs is 2. The minimum absolute atomic E-state index is 0.0160. The van der Waals surface area contributed by atoms with E-state index in [9.17, 15) is 9.59 Å². The SMILES string of the molecule is CCOC(=O)C1=C(c2ccccc2)C2=Cc3c(-c4ccccc4)c(C(=O)OCC)c(/C=C/Sc4ccc(Cl)cc4)n3[B-](F)(F)[N+]2=C1C. The summed E-state index contributed by atoms with van der Waals surface area (Å²) in [6, 6.07) is 25.0. The van der Waals surface area contributed by atoms with Crippen molar-refractivity contribution in [2.24, 2.45) is 0 Å². The second-order valence-corrected chi connectivity index (χ2v) is 12.2. The number of thioether (sulfide) groups is 1. The summed E-state index contributed by atoms with van der Waals surface area (Å²) in [5.41, 5.74) is 2.19. The Labute approximate surface area is 280 Å². The number of ether oxygens (including phenoxy) is 2. The van der Waals surface area contributed by atoms with Crippen LogP contribution in [0.2, 0.25) is 5.02 Å². The Morgan fingerprint density at radius 3 is 2.11 bits per heavy atom. The van der Waals surface area contributed by atoms with Crippen LogP contribution in [-0.4, -0.2) is 46.8 Å². The monoisotopic (exact) mass is 670 g/mol. The van der Waals surface area contributed by atoms with Crippen LogP contribution in [0.5, 0.6) is 0 Å². The number of benzene rings is 3. The van der Waals surface area contributed by atoms with E-state index < -0.39 is 18.9 Å². The minimum atomic E-state index is -4.67. The highest BCUT2D eigenvalue weighted by molar-refractivity contribution is 8.02. The van der Waals surface area contributed by atoms with Gasteiger partial charge in [-0.15, -0.1) is 0 Å². The third-order valence-electron chi connectivity index (χ3n) is 7.99. The largest absolute Gasteiger partial charge is 0.737 e. The van der Waals surface area contributed by atoms with Crippen molar-refractivity contribution in [2.75, 3.05) is 13.2 Å². The summed E-state index contributed by atoms with van der Waals surface area (Å²) in [7, 11) is 0. The van der Waals surface area contributed by atoms with Crippen molar-refractivity contribution in [1.82, 2.24) is 4.48 Å². The molecule has 6 nitrogen and oxygen atoms in total. The van der Waals surface area contributed by atoms with Crippen LogP contribution < -0.4 is 0 Å². The standard InChI is InChI=1S/C36H30BClF2N2O4S/c1-4-45-35(43)31-23(3)41-29(32(31)24-12-8-6-9-13-24)22-30-33(25-14-10-7-11-15-25)34(36(44)46-5-2)28(42(30)37(41,39)40)20-21-47-27-18-16-26(38)17-19-27/h6-22H,4-5H2,1-3H3/b21-20+. The van der Waals surface area contributed by atoms with E-state index in [2.05, 4.69) is 0 Å². The molecule has 0 fully saturated rings. The first kappa shape index (κ1) is 32.3. The van der Waals surface area contributed by atoms with Crippen molar-refractivity contribution in [3.8, 4) is 11.1 Å². The molecule has 3 aromatic carbocycles. The van der Waals surface area contributed by atoms with Crippen molar-refractivity contribution in [3.05, 3.63) is 129 Å². The highest BCUT2D eigenvalue weighted by atomic mass is 35.5. The van der Waals surface area contributed by atoms with E-state index in [1.54, 1.807) is 86.0 Å². The minimum Gasteiger partial charge on any atom is -0.462 e. The molecule has 2 aliphatic heterocycles.